The van der Waals surface area contributed by atoms with Gasteiger partial charge in [-0.05, 0) is 42.3 Å². The first kappa shape index (κ1) is 24.6. The van der Waals surface area contributed by atoms with Crippen LogP contribution in [-0.4, -0.2) is 6.61 Å². The van der Waals surface area contributed by atoms with Crippen molar-refractivity contribution in [2.45, 2.75) is 26.6 Å². The molecule has 160 valence electrons. The Balaban J connectivity index is 0.00000320. The lowest BCUT2D eigenvalue weighted by Crippen LogP contribution is -2.13. The number of halogens is 4. The minimum absolute atomic E-state index is 0. The van der Waals surface area contributed by atoms with Gasteiger partial charge in [0.25, 0.3) is 0 Å². The second-order valence-corrected chi connectivity index (χ2v) is 7.70. The SMILES string of the molecule is CCOc1cc(CNCc2ccccc2)cc(Cl)c1OCc1ccc(Cl)cc1Cl.Cl. The van der Waals surface area contributed by atoms with Crippen LogP contribution in [0.1, 0.15) is 23.6 Å². The van der Waals surface area contributed by atoms with E-state index in [0.717, 1.165) is 17.7 Å². The fourth-order valence-corrected chi connectivity index (χ4v) is 3.61. The van der Waals surface area contributed by atoms with Crippen molar-refractivity contribution in [3.05, 3.63) is 92.4 Å². The molecule has 3 aromatic rings. The van der Waals surface area contributed by atoms with Crippen molar-refractivity contribution in [1.29, 1.82) is 0 Å². The number of hydrogen-bond acceptors (Lipinski definition) is 3. The summed E-state index contributed by atoms with van der Waals surface area (Å²) >= 11 is 18.7. The summed E-state index contributed by atoms with van der Waals surface area (Å²) in [6.07, 6.45) is 0. The zero-order valence-electron chi connectivity index (χ0n) is 16.5. The van der Waals surface area contributed by atoms with E-state index in [9.17, 15) is 0 Å². The van der Waals surface area contributed by atoms with E-state index in [1.54, 1.807) is 12.1 Å². The maximum Gasteiger partial charge on any atom is 0.180 e. The Morgan fingerprint density at radius 1 is 0.800 bits per heavy atom. The van der Waals surface area contributed by atoms with Gasteiger partial charge in [-0.25, -0.2) is 0 Å². The number of ether oxygens (including phenoxy) is 2. The molecule has 0 unspecified atom stereocenters. The molecule has 0 aliphatic carbocycles. The first-order valence-corrected chi connectivity index (χ1v) is 10.5. The van der Waals surface area contributed by atoms with Crippen LogP contribution in [0, 0.1) is 0 Å². The van der Waals surface area contributed by atoms with Gasteiger partial charge < -0.3 is 14.8 Å². The van der Waals surface area contributed by atoms with Crippen LogP contribution in [0.4, 0.5) is 0 Å². The molecular weight excluding hydrogens is 464 g/mol. The number of hydrogen-bond donors (Lipinski definition) is 1. The molecule has 0 spiro atoms. The second kappa shape index (κ2) is 12.3. The fraction of sp³-hybridized carbons (Fsp3) is 0.217. The molecule has 0 aliphatic heterocycles. The van der Waals surface area contributed by atoms with Crippen molar-refractivity contribution < 1.29 is 9.47 Å². The predicted molar refractivity (Wildman–Crippen MR) is 128 cm³/mol. The Labute approximate surface area is 198 Å². The molecule has 3 nitrogen and oxygen atoms in total. The molecule has 0 fully saturated rings. The van der Waals surface area contributed by atoms with Crippen LogP contribution in [0.15, 0.2) is 60.7 Å². The van der Waals surface area contributed by atoms with Crippen LogP contribution in [0.5, 0.6) is 11.5 Å². The van der Waals surface area contributed by atoms with Gasteiger partial charge in [0.05, 0.1) is 11.6 Å². The van der Waals surface area contributed by atoms with Gasteiger partial charge in [0.15, 0.2) is 11.5 Å². The van der Waals surface area contributed by atoms with E-state index in [-0.39, 0.29) is 19.0 Å². The van der Waals surface area contributed by atoms with Crippen LogP contribution in [0.2, 0.25) is 15.1 Å². The molecule has 30 heavy (non-hydrogen) atoms. The molecule has 0 heterocycles. The third kappa shape index (κ3) is 6.97. The monoisotopic (exact) mass is 485 g/mol. The van der Waals surface area contributed by atoms with Crippen LogP contribution < -0.4 is 14.8 Å². The first-order valence-electron chi connectivity index (χ1n) is 9.33. The summed E-state index contributed by atoms with van der Waals surface area (Å²) in [6.45, 7) is 4.14. The van der Waals surface area contributed by atoms with Gasteiger partial charge in [-0.2, -0.15) is 0 Å². The number of rotatable bonds is 9. The van der Waals surface area contributed by atoms with E-state index in [1.807, 2.05) is 43.3 Å². The molecule has 1 N–H and O–H groups in total. The van der Waals surface area contributed by atoms with E-state index < -0.39 is 0 Å². The topological polar surface area (TPSA) is 30.5 Å². The highest BCUT2D eigenvalue weighted by atomic mass is 35.5. The summed E-state index contributed by atoms with van der Waals surface area (Å²) in [5, 5.41) is 5.05. The van der Waals surface area contributed by atoms with E-state index in [2.05, 4.69) is 17.4 Å². The largest absolute Gasteiger partial charge is 0.490 e. The van der Waals surface area contributed by atoms with Crippen molar-refractivity contribution in [3.63, 3.8) is 0 Å². The summed E-state index contributed by atoms with van der Waals surface area (Å²) in [5.41, 5.74) is 3.07. The normalized spacial score (nSPS) is 10.4. The molecule has 0 amide bonds. The van der Waals surface area contributed by atoms with Gasteiger partial charge in [-0.15, -0.1) is 12.4 Å². The minimum atomic E-state index is 0. The average Bonchev–Trinajstić information content (AvgIpc) is 2.70. The smallest absolute Gasteiger partial charge is 0.180 e. The Bertz CT molecular complexity index is 951. The molecule has 0 saturated heterocycles. The molecule has 7 heteroatoms. The van der Waals surface area contributed by atoms with Gasteiger partial charge >= 0.3 is 0 Å². The zero-order valence-corrected chi connectivity index (χ0v) is 19.5. The Morgan fingerprint density at radius 2 is 1.53 bits per heavy atom. The predicted octanol–water partition coefficient (Wildman–Crippen LogP) is 7.34. The van der Waals surface area contributed by atoms with Gasteiger partial charge in [-0.3, -0.25) is 0 Å². The summed E-state index contributed by atoms with van der Waals surface area (Å²) < 4.78 is 11.7. The van der Waals surface area contributed by atoms with Gasteiger partial charge in [0.2, 0.25) is 0 Å². The molecule has 0 atom stereocenters. The Morgan fingerprint density at radius 3 is 2.23 bits per heavy atom. The lowest BCUT2D eigenvalue weighted by atomic mass is 10.1. The maximum atomic E-state index is 6.51. The second-order valence-electron chi connectivity index (χ2n) is 6.45. The van der Waals surface area contributed by atoms with Crippen LogP contribution in [0.25, 0.3) is 0 Å². The van der Waals surface area contributed by atoms with Crippen LogP contribution in [0.3, 0.4) is 0 Å². The molecule has 0 bridgehead atoms. The quantitative estimate of drug-likeness (QED) is 0.343. The summed E-state index contributed by atoms with van der Waals surface area (Å²) in [6, 6.07) is 19.4. The van der Waals surface area contributed by atoms with Gasteiger partial charge in [0.1, 0.15) is 6.61 Å². The maximum absolute atomic E-state index is 6.51. The summed E-state index contributed by atoms with van der Waals surface area (Å²) in [4.78, 5) is 0. The van der Waals surface area contributed by atoms with E-state index >= 15 is 0 Å². The van der Waals surface area contributed by atoms with Gasteiger partial charge in [0, 0.05) is 28.7 Å². The van der Waals surface area contributed by atoms with Gasteiger partial charge in [-0.1, -0.05) is 71.2 Å². The molecule has 0 aromatic heterocycles. The molecule has 0 saturated carbocycles. The standard InChI is InChI=1S/C23H22Cl3NO2.ClH/c1-2-28-22-11-17(14-27-13-16-6-4-3-5-7-16)10-21(26)23(22)29-15-18-8-9-19(24)12-20(18)25;/h3-12,27H,2,13-15H2,1H3;1H. The lowest BCUT2D eigenvalue weighted by molar-refractivity contribution is 0.269. The number of nitrogens with one attached hydrogen (secondary N) is 1. The third-order valence-electron chi connectivity index (χ3n) is 4.26. The highest BCUT2D eigenvalue weighted by molar-refractivity contribution is 6.35. The van der Waals surface area contributed by atoms with E-state index in [1.165, 1.54) is 5.56 Å². The molecule has 3 aromatic carbocycles. The summed E-state index contributed by atoms with van der Waals surface area (Å²) in [7, 11) is 0. The minimum Gasteiger partial charge on any atom is -0.490 e. The van der Waals surface area contributed by atoms with Crippen molar-refractivity contribution in [3.8, 4) is 11.5 Å². The van der Waals surface area contributed by atoms with Crippen molar-refractivity contribution in [2.24, 2.45) is 0 Å². The summed E-state index contributed by atoms with van der Waals surface area (Å²) in [5.74, 6) is 1.12. The zero-order chi connectivity index (χ0) is 20.6. The Kier molecular flexibility index (Phi) is 10.1. The third-order valence-corrected chi connectivity index (χ3v) is 5.13. The fourth-order valence-electron chi connectivity index (χ4n) is 2.86. The van der Waals surface area contributed by atoms with Crippen LogP contribution in [-0.2, 0) is 19.7 Å². The molecule has 0 aliphatic rings. The van der Waals surface area contributed by atoms with E-state index in [4.69, 9.17) is 44.3 Å². The molecule has 0 radical (unpaired) electrons. The lowest BCUT2D eigenvalue weighted by Gasteiger charge is -2.16. The van der Waals surface area contributed by atoms with E-state index in [0.29, 0.717) is 39.7 Å². The highest BCUT2D eigenvalue weighted by Crippen LogP contribution is 2.37. The molecule has 3 rings (SSSR count). The highest BCUT2D eigenvalue weighted by Gasteiger charge is 2.14. The first-order chi connectivity index (χ1) is 14.1. The van der Waals surface area contributed by atoms with Crippen LogP contribution >= 0.6 is 47.2 Å². The Hall–Kier alpha value is -1.62. The molecular formula is C23H23Cl4NO2. The average molecular weight is 487 g/mol. The van der Waals surface area contributed by atoms with Crippen molar-refractivity contribution >= 4 is 47.2 Å². The van der Waals surface area contributed by atoms with Crippen molar-refractivity contribution in [2.75, 3.05) is 6.61 Å². The van der Waals surface area contributed by atoms with Crippen molar-refractivity contribution in [1.82, 2.24) is 5.32 Å². The number of benzene rings is 3.